The van der Waals surface area contributed by atoms with Crippen LogP contribution in [-0.2, 0) is 16.1 Å². The van der Waals surface area contributed by atoms with Gasteiger partial charge in [0.05, 0.1) is 6.54 Å². The Morgan fingerprint density at radius 2 is 2.11 bits per heavy atom. The summed E-state index contributed by atoms with van der Waals surface area (Å²) in [7, 11) is 0. The number of benzene rings is 1. The van der Waals surface area contributed by atoms with E-state index >= 15 is 0 Å². The summed E-state index contributed by atoms with van der Waals surface area (Å²) in [6.07, 6.45) is 0. The summed E-state index contributed by atoms with van der Waals surface area (Å²) < 4.78 is 5.41. The van der Waals surface area contributed by atoms with Crippen LogP contribution in [0, 0.1) is 5.92 Å². The van der Waals surface area contributed by atoms with Gasteiger partial charge in [-0.25, -0.2) is 0 Å². The molecule has 1 aromatic rings. The van der Waals surface area contributed by atoms with E-state index in [1.54, 1.807) is 17.0 Å². The molecule has 0 aromatic heterocycles. The molecular formula is C14H18N2O3. The molecule has 1 aliphatic rings. The van der Waals surface area contributed by atoms with Crippen molar-refractivity contribution < 1.29 is 14.3 Å². The second-order valence-corrected chi connectivity index (χ2v) is 4.78. The van der Waals surface area contributed by atoms with Crippen LogP contribution in [-0.4, -0.2) is 36.3 Å². The number of ketones is 1. The van der Waals surface area contributed by atoms with E-state index in [4.69, 9.17) is 10.5 Å². The Morgan fingerprint density at radius 3 is 2.63 bits per heavy atom. The average Bonchev–Trinajstić information content (AvgIpc) is 2.77. The highest BCUT2D eigenvalue weighted by Gasteiger charge is 2.30. The normalized spacial score (nSPS) is 18.7. The van der Waals surface area contributed by atoms with E-state index in [9.17, 15) is 9.59 Å². The zero-order valence-corrected chi connectivity index (χ0v) is 11.0. The van der Waals surface area contributed by atoms with Gasteiger partial charge in [-0.15, -0.1) is 0 Å². The van der Waals surface area contributed by atoms with Gasteiger partial charge < -0.3 is 15.4 Å². The predicted molar refractivity (Wildman–Crippen MR) is 70.6 cm³/mol. The number of carbonyl (C=O) groups is 2. The monoisotopic (exact) mass is 262 g/mol. The van der Waals surface area contributed by atoms with E-state index in [0.29, 0.717) is 18.8 Å². The molecule has 0 bridgehead atoms. The van der Waals surface area contributed by atoms with Gasteiger partial charge in [-0.2, -0.15) is 0 Å². The lowest BCUT2D eigenvalue weighted by molar-refractivity contribution is -0.133. The van der Waals surface area contributed by atoms with Crippen molar-refractivity contribution in [1.82, 2.24) is 4.90 Å². The molecule has 1 heterocycles. The fraction of sp³-hybridized carbons (Fsp3) is 0.429. The third kappa shape index (κ3) is 3.32. The number of amides is 1. The van der Waals surface area contributed by atoms with Crippen LogP contribution in [0.5, 0.6) is 5.75 Å². The Morgan fingerprint density at radius 1 is 1.42 bits per heavy atom. The first-order chi connectivity index (χ1) is 9.10. The van der Waals surface area contributed by atoms with Gasteiger partial charge in [-0.1, -0.05) is 19.1 Å². The van der Waals surface area contributed by atoms with Crippen molar-refractivity contribution >= 4 is 11.7 Å². The van der Waals surface area contributed by atoms with Crippen molar-refractivity contribution in [3.8, 4) is 5.75 Å². The molecule has 19 heavy (non-hydrogen) atoms. The number of Topliss-reactive ketones (excluding diaryl/α,β-unsaturated/α-hetero) is 1. The van der Waals surface area contributed by atoms with Gasteiger partial charge in [0.15, 0.2) is 12.4 Å². The van der Waals surface area contributed by atoms with Gasteiger partial charge in [0.1, 0.15) is 5.75 Å². The molecule has 1 atom stereocenters. The first-order valence-corrected chi connectivity index (χ1v) is 6.32. The maximum atomic E-state index is 11.9. The number of rotatable bonds is 4. The van der Waals surface area contributed by atoms with Crippen LogP contribution in [0.25, 0.3) is 0 Å². The SMILES string of the molecule is C[C@H]1CN(C(=O)COc2ccc(CN)cc2)CC1=O. The topological polar surface area (TPSA) is 72.6 Å². The molecule has 1 aliphatic heterocycles. The van der Waals surface area contributed by atoms with E-state index in [1.807, 2.05) is 19.1 Å². The summed E-state index contributed by atoms with van der Waals surface area (Å²) in [5.41, 5.74) is 6.51. The van der Waals surface area contributed by atoms with Gasteiger partial charge >= 0.3 is 0 Å². The molecule has 0 spiro atoms. The lowest BCUT2D eigenvalue weighted by atomic mass is 10.1. The Hall–Kier alpha value is -1.88. The van der Waals surface area contributed by atoms with Crippen molar-refractivity contribution in [1.29, 1.82) is 0 Å². The largest absolute Gasteiger partial charge is 0.484 e. The van der Waals surface area contributed by atoms with Crippen LogP contribution in [0.15, 0.2) is 24.3 Å². The second-order valence-electron chi connectivity index (χ2n) is 4.78. The van der Waals surface area contributed by atoms with Crippen molar-refractivity contribution in [2.24, 2.45) is 11.7 Å². The van der Waals surface area contributed by atoms with E-state index < -0.39 is 0 Å². The Balaban J connectivity index is 1.84. The van der Waals surface area contributed by atoms with Crippen molar-refractivity contribution in [3.63, 3.8) is 0 Å². The molecule has 5 heteroatoms. The van der Waals surface area contributed by atoms with Gasteiger partial charge in [0.25, 0.3) is 5.91 Å². The second kappa shape index (κ2) is 5.84. The van der Waals surface area contributed by atoms with Gasteiger partial charge in [0.2, 0.25) is 0 Å². The molecule has 0 radical (unpaired) electrons. The molecule has 1 amide bonds. The molecule has 0 unspecified atom stereocenters. The Labute approximate surface area is 112 Å². The number of nitrogens with two attached hydrogens (primary N) is 1. The van der Waals surface area contributed by atoms with Gasteiger partial charge in [-0.05, 0) is 17.7 Å². The van der Waals surface area contributed by atoms with E-state index in [2.05, 4.69) is 0 Å². The molecule has 1 saturated heterocycles. The summed E-state index contributed by atoms with van der Waals surface area (Å²) >= 11 is 0. The highest BCUT2D eigenvalue weighted by molar-refractivity contribution is 5.91. The van der Waals surface area contributed by atoms with Crippen molar-refractivity contribution in [2.75, 3.05) is 19.7 Å². The van der Waals surface area contributed by atoms with Gasteiger partial charge in [0, 0.05) is 19.0 Å². The lowest BCUT2D eigenvalue weighted by Gasteiger charge is -2.15. The van der Waals surface area contributed by atoms with Gasteiger partial charge in [-0.3, -0.25) is 9.59 Å². The number of hydrogen-bond donors (Lipinski definition) is 1. The number of likely N-dealkylation sites (tertiary alicyclic amines) is 1. The third-order valence-electron chi connectivity index (χ3n) is 3.26. The third-order valence-corrected chi connectivity index (χ3v) is 3.26. The predicted octanol–water partition coefficient (Wildman–Crippen LogP) is 0.571. The summed E-state index contributed by atoms with van der Waals surface area (Å²) in [4.78, 5) is 24.8. The quantitative estimate of drug-likeness (QED) is 0.861. The van der Waals surface area contributed by atoms with E-state index in [-0.39, 0.29) is 30.8 Å². The van der Waals surface area contributed by atoms with Crippen molar-refractivity contribution in [3.05, 3.63) is 29.8 Å². The smallest absolute Gasteiger partial charge is 0.260 e. The number of carbonyl (C=O) groups excluding carboxylic acids is 2. The molecular weight excluding hydrogens is 244 g/mol. The summed E-state index contributed by atoms with van der Waals surface area (Å²) in [6.45, 7) is 2.97. The minimum Gasteiger partial charge on any atom is -0.484 e. The Bertz CT molecular complexity index is 470. The lowest BCUT2D eigenvalue weighted by Crippen LogP contribution is -2.33. The minimum atomic E-state index is -0.152. The standard InChI is InChI=1S/C14H18N2O3/c1-10-7-16(8-13(10)17)14(18)9-19-12-4-2-11(6-15)3-5-12/h2-5,10H,6-9,15H2,1H3/t10-/m0/s1. The maximum absolute atomic E-state index is 11.9. The van der Waals surface area contributed by atoms with Crippen molar-refractivity contribution in [2.45, 2.75) is 13.5 Å². The number of nitrogens with zero attached hydrogens (tertiary/aromatic N) is 1. The molecule has 5 nitrogen and oxygen atoms in total. The summed E-state index contributed by atoms with van der Waals surface area (Å²) in [6, 6.07) is 7.29. The van der Waals surface area contributed by atoms with E-state index in [0.717, 1.165) is 5.56 Å². The van der Waals surface area contributed by atoms with Crippen LogP contribution in [0.2, 0.25) is 0 Å². The maximum Gasteiger partial charge on any atom is 0.260 e. The number of hydrogen-bond acceptors (Lipinski definition) is 4. The Kier molecular flexibility index (Phi) is 4.16. The average molecular weight is 262 g/mol. The molecule has 0 aliphatic carbocycles. The first kappa shape index (κ1) is 13.5. The molecule has 1 fully saturated rings. The number of ether oxygens (including phenoxy) is 1. The minimum absolute atomic E-state index is 0.0397. The fourth-order valence-electron chi connectivity index (χ4n) is 1.99. The zero-order chi connectivity index (χ0) is 13.8. The molecule has 0 saturated carbocycles. The summed E-state index contributed by atoms with van der Waals surface area (Å²) in [5, 5.41) is 0. The van der Waals surface area contributed by atoms with Crippen LogP contribution in [0.4, 0.5) is 0 Å². The zero-order valence-electron chi connectivity index (χ0n) is 11.0. The van der Waals surface area contributed by atoms with Crippen LogP contribution in [0.1, 0.15) is 12.5 Å². The molecule has 2 rings (SSSR count). The fourth-order valence-corrected chi connectivity index (χ4v) is 1.99. The summed E-state index contributed by atoms with van der Waals surface area (Å²) in [5.74, 6) is 0.526. The van der Waals surface area contributed by atoms with E-state index in [1.165, 1.54) is 0 Å². The highest BCUT2D eigenvalue weighted by atomic mass is 16.5. The van der Waals surface area contributed by atoms with Crippen LogP contribution in [0.3, 0.4) is 0 Å². The highest BCUT2D eigenvalue weighted by Crippen LogP contribution is 2.14. The molecule has 1 aromatic carbocycles. The molecule has 2 N–H and O–H groups in total. The molecule has 102 valence electrons. The first-order valence-electron chi connectivity index (χ1n) is 6.32. The van der Waals surface area contributed by atoms with Crippen LogP contribution >= 0.6 is 0 Å². The van der Waals surface area contributed by atoms with Crippen LogP contribution < -0.4 is 10.5 Å².